The third-order valence-corrected chi connectivity index (χ3v) is 4.20. The van der Waals surface area contributed by atoms with E-state index in [0.717, 1.165) is 44.2 Å². The summed E-state index contributed by atoms with van der Waals surface area (Å²) in [6.07, 6.45) is 2.34. The Bertz CT molecular complexity index is 482. The summed E-state index contributed by atoms with van der Waals surface area (Å²) in [5.74, 6) is 1.91. The minimum Gasteiger partial charge on any atom is -0.497 e. The molecule has 0 amide bonds. The summed E-state index contributed by atoms with van der Waals surface area (Å²) in [6, 6.07) is 7.64. The fourth-order valence-corrected chi connectivity index (χ4v) is 2.70. The van der Waals surface area contributed by atoms with Crippen LogP contribution in [-0.4, -0.2) is 57.9 Å². The van der Waals surface area contributed by atoms with Gasteiger partial charge in [0, 0.05) is 25.9 Å². The Morgan fingerprint density at radius 3 is 2.57 bits per heavy atom. The van der Waals surface area contributed by atoms with Crippen LogP contribution in [0.25, 0.3) is 0 Å². The van der Waals surface area contributed by atoms with E-state index in [9.17, 15) is 0 Å². The molecule has 0 spiro atoms. The molecule has 0 atom stereocenters. The van der Waals surface area contributed by atoms with Crippen molar-refractivity contribution >= 4 is 11.6 Å². The van der Waals surface area contributed by atoms with Crippen molar-refractivity contribution in [3.05, 3.63) is 24.3 Å². The minimum atomic E-state index is 0.469. The van der Waals surface area contributed by atoms with Crippen molar-refractivity contribution in [1.29, 1.82) is 0 Å². The van der Waals surface area contributed by atoms with Gasteiger partial charge in [-0.05, 0) is 56.1 Å². The summed E-state index contributed by atoms with van der Waals surface area (Å²) < 4.78 is 10.3. The van der Waals surface area contributed by atoms with E-state index in [1.54, 1.807) is 14.2 Å². The molecule has 6 heteroatoms. The van der Waals surface area contributed by atoms with Crippen LogP contribution >= 0.6 is 0 Å². The highest BCUT2D eigenvalue weighted by molar-refractivity contribution is 5.92. The molecule has 0 aliphatic carbocycles. The first-order chi connectivity index (χ1) is 11.2. The number of nitrogens with zero attached hydrogens (tertiary/aromatic N) is 2. The zero-order valence-electron chi connectivity index (χ0n) is 14.1. The molecule has 0 radical (unpaired) electrons. The minimum absolute atomic E-state index is 0.469. The number of hydrogen-bond donors (Lipinski definition) is 2. The average Bonchev–Trinajstić information content (AvgIpc) is 2.59. The Labute approximate surface area is 138 Å². The first-order valence-electron chi connectivity index (χ1n) is 8.13. The number of likely N-dealkylation sites (tertiary alicyclic amines) is 1. The number of nitrogens with two attached hydrogens (primary N) is 1. The largest absolute Gasteiger partial charge is 0.497 e. The SMILES string of the molecule is COCCN1CCC(CN=C(N)Nc2ccc(OC)cc2)CC1. The van der Waals surface area contributed by atoms with Gasteiger partial charge < -0.3 is 25.4 Å². The molecule has 3 N–H and O–H groups in total. The third-order valence-electron chi connectivity index (χ3n) is 4.20. The molecule has 6 nitrogen and oxygen atoms in total. The Morgan fingerprint density at radius 2 is 1.96 bits per heavy atom. The number of anilines is 1. The number of methoxy groups -OCH3 is 2. The van der Waals surface area contributed by atoms with Crippen LogP contribution in [0.1, 0.15) is 12.8 Å². The summed E-state index contributed by atoms with van der Waals surface area (Å²) >= 11 is 0. The van der Waals surface area contributed by atoms with Crippen molar-refractivity contribution < 1.29 is 9.47 Å². The highest BCUT2D eigenvalue weighted by Gasteiger charge is 2.18. The number of nitrogens with one attached hydrogen (secondary N) is 1. The van der Waals surface area contributed by atoms with Crippen molar-refractivity contribution in [3.63, 3.8) is 0 Å². The zero-order chi connectivity index (χ0) is 16.5. The monoisotopic (exact) mass is 320 g/mol. The van der Waals surface area contributed by atoms with E-state index in [4.69, 9.17) is 15.2 Å². The molecule has 1 heterocycles. The van der Waals surface area contributed by atoms with E-state index in [-0.39, 0.29) is 0 Å². The molecule has 0 saturated carbocycles. The lowest BCUT2D eigenvalue weighted by molar-refractivity contribution is 0.121. The second-order valence-corrected chi connectivity index (χ2v) is 5.86. The fourth-order valence-electron chi connectivity index (χ4n) is 2.70. The topological polar surface area (TPSA) is 72.1 Å². The summed E-state index contributed by atoms with van der Waals surface area (Å²) in [4.78, 5) is 6.93. The van der Waals surface area contributed by atoms with E-state index in [1.165, 1.54) is 12.8 Å². The van der Waals surface area contributed by atoms with Crippen molar-refractivity contribution in [2.45, 2.75) is 12.8 Å². The second-order valence-electron chi connectivity index (χ2n) is 5.86. The van der Waals surface area contributed by atoms with Crippen LogP contribution in [0, 0.1) is 5.92 Å². The van der Waals surface area contributed by atoms with Gasteiger partial charge in [0.1, 0.15) is 5.75 Å². The maximum Gasteiger partial charge on any atom is 0.193 e. The Morgan fingerprint density at radius 1 is 1.26 bits per heavy atom. The van der Waals surface area contributed by atoms with Crippen LogP contribution in [0.15, 0.2) is 29.3 Å². The fraction of sp³-hybridized carbons (Fsp3) is 0.588. The lowest BCUT2D eigenvalue weighted by Gasteiger charge is -2.30. The predicted molar refractivity (Wildman–Crippen MR) is 94.1 cm³/mol. The number of aliphatic imine (C=N–C) groups is 1. The van der Waals surface area contributed by atoms with Gasteiger partial charge in [0.15, 0.2) is 5.96 Å². The van der Waals surface area contributed by atoms with Gasteiger partial charge in [-0.2, -0.15) is 0 Å². The van der Waals surface area contributed by atoms with Crippen LogP contribution in [0.4, 0.5) is 5.69 Å². The van der Waals surface area contributed by atoms with Gasteiger partial charge in [-0.3, -0.25) is 4.99 Å². The van der Waals surface area contributed by atoms with Gasteiger partial charge in [-0.1, -0.05) is 0 Å². The summed E-state index contributed by atoms with van der Waals surface area (Å²) in [6.45, 7) is 4.85. The van der Waals surface area contributed by atoms with E-state index < -0.39 is 0 Å². The van der Waals surface area contributed by atoms with Crippen molar-refractivity contribution in [2.75, 3.05) is 52.3 Å². The van der Waals surface area contributed by atoms with Crippen LogP contribution in [-0.2, 0) is 4.74 Å². The Hall–Kier alpha value is -1.79. The number of guanidine groups is 1. The molecule has 0 unspecified atom stereocenters. The molecule has 1 aromatic carbocycles. The van der Waals surface area contributed by atoms with E-state index in [0.29, 0.717) is 11.9 Å². The maximum absolute atomic E-state index is 5.97. The van der Waals surface area contributed by atoms with Gasteiger partial charge in [0.05, 0.1) is 13.7 Å². The predicted octanol–water partition coefficient (Wildman–Crippen LogP) is 1.78. The number of rotatable bonds is 7. The zero-order valence-corrected chi connectivity index (χ0v) is 14.1. The van der Waals surface area contributed by atoms with Gasteiger partial charge in [0.25, 0.3) is 0 Å². The van der Waals surface area contributed by atoms with Gasteiger partial charge in [-0.15, -0.1) is 0 Å². The number of benzene rings is 1. The molecule has 1 aromatic rings. The molecular formula is C17H28N4O2. The highest BCUT2D eigenvalue weighted by atomic mass is 16.5. The van der Waals surface area contributed by atoms with Crippen LogP contribution in [0.5, 0.6) is 5.75 Å². The van der Waals surface area contributed by atoms with Crippen LogP contribution < -0.4 is 15.8 Å². The lowest BCUT2D eigenvalue weighted by atomic mass is 9.97. The number of piperidine rings is 1. The highest BCUT2D eigenvalue weighted by Crippen LogP contribution is 2.18. The lowest BCUT2D eigenvalue weighted by Crippen LogP contribution is -2.37. The molecule has 1 saturated heterocycles. The molecule has 2 rings (SSSR count). The summed E-state index contributed by atoms with van der Waals surface area (Å²) in [5.41, 5.74) is 6.89. The normalized spacial score (nSPS) is 17.2. The van der Waals surface area contributed by atoms with Crippen molar-refractivity contribution in [3.8, 4) is 5.75 Å². The quantitative estimate of drug-likeness (QED) is 0.592. The standard InChI is InChI=1S/C17H28N4O2/c1-22-12-11-21-9-7-14(8-10-21)13-19-17(18)20-15-3-5-16(23-2)6-4-15/h3-6,14H,7-13H2,1-2H3,(H3,18,19,20). The van der Waals surface area contributed by atoms with Gasteiger partial charge in [-0.25, -0.2) is 0 Å². The van der Waals surface area contributed by atoms with Gasteiger partial charge in [0.2, 0.25) is 0 Å². The smallest absolute Gasteiger partial charge is 0.193 e. The molecule has 23 heavy (non-hydrogen) atoms. The Balaban J connectivity index is 1.72. The Kier molecular flexibility index (Phi) is 7.16. The van der Waals surface area contributed by atoms with Crippen molar-refractivity contribution in [2.24, 2.45) is 16.6 Å². The van der Waals surface area contributed by atoms with E-state index >= 15 is 0 Å². The number of hydrogen-bond acceptors (Lipinski definition) is 4. The molecule has 0 aromatic heterocycles. The molecule has 128 valence electrons. The third kappa shape index (κ3) is 6.08. The van der Waals surface area contributed by atoms with Crippen molar-refractivity contribution in [1.82, 2.24) is 4.90 Å². The summed E-state index contributed by atoms with van der Waals surface area (Å²) in [5, 5.41) is 3.11. The molecule has 1 aliphatic rings. The number of ether oxygens (including phenoxy) is 2. The van der Waals surface area contributed by atoms with E-state index in [2.05, 4.69) is 15.2 Å². The summed E-state index contributed by atoms with van der Waals surface area (Å²) in [7, 11) is 3.40. The molecule has 1 fully saturated rings. The maximum atomic E-state index is 5.97. The van der Waals surface area contributed by atoms with Crippen LogP contribution in [0.3, 0.4) is 0 Å². The van der Waals surface area contributed by atoms with Gasteiger partial charge >= 0.3 is 0 Å². The second kappa shape index (κ2) is 9.37. The molecular weight excluding hydrogens is 292 g/mol. The first kappa shape index (κ1) is 17.6. The molecule has 1 aliphatic heterocycles. The van der Waals surface area contributed by atoms with E-state index in [1.807, 2.05) is 24.3 Å². The molecule has 0 bridgehead atoms. The first-order valence-corrected chi connectivity index (χ1v) is 8.13. The van der Waals surface area contributed by atoms with Crippen LogP contribution in [0.2, 0.25) is 0 Å². The average molecular weight is 320 g/mol.